The van der Waals surface area contributed by atoms with Crippen LogP contribution in [0.2, 0.25) is 0 Å². The average molecular weight is 324 g/mol. The van der Waals surface area contributed by atoms with Crippen LogP contribution in [-0.2, 0) is 11.2 Å². The van der Waals surface area contributed by atoms with Gasteiger partial charge in [-0.2, -0.15) is 0 Å². The summed E-state index contributed by atoms with van der Waals surface area (Å²) in [6.45, 7) is 0. The van der Waals surface area contributed by atoms with E-state index in [0.717, 1.165) is 24.2 Å². The van der Waals surface area contributed by atoms with Gasteiger partial charge in [0.05, 0.1) is 0 Å². The first kappa shape index (κ1) is 13.0. The lowest BCUT2D eigenvalue weighted by Gasteiger charge is -2.29. The van der Waals surface area contributed by atoms with Crippen molar-refractivity contribution in [1.29, 1.82) is 0 Å². The van der Waals surface area contributed by atoms with Gasteiger partial charge in [-0.05, 0) is 24.5 Å². The topological polar surface area (TPSA) is 38.3 Å². The predicted octanol–water partition coefficient (Wildman–Crippen LogP) is 2.81. The second-order valence-electron chi connectivity index (χ2n) is 5.33. The molecule has 4 heteroatoms. The minimum atomic E-state index is -0.362. The van der Waals surface area contributed by atoms with E-state index in [9.17, 15) is 4.79 Å². The molecule has 1 N–H and O–H groups in total. The molecule has 102 valence electrons. The summed E-state index contributed by atoms with van der Waals surface area (Å²) in [6.07, 6.45) is 4.95. The molecule has 0 bridgehead atoms. The van der Waals surface area contributed by atoms with Gasteiger partial charge in [0.15, 0.2) is 6.10 Å². The first-order chi connectivity index (χ1) is 9.24. The molecule has 1 saturated carbocycles. The van der Waals surface area contributed by atoms with Gasteiger partial charge in [0.1, 0.15) is 5.75 Å². The third-order valence-electron chi connectivity index (χ3n) is 3.95. The Morgan fingerprint density at radius 1 is 1.26 bits per heavy atom. The average Bonchev–Trinajstić information content (AvgIpc) is 2.85. The number of nitrogens with one attached hydrogen (secondary N) is 1. The van der Waals surface area contributed by atoms with E-state index in [1.165, 1.54) is 12.8 Å². The highest BCUT2D eigenvalue weighted by Crippen LogP contribution is 2.29. The van der Waals surface area contributed by atoms with Crippen LogP contribution in [0.25, 0.3) is 0 Å². The maximum absolute atomic E-state index is 12.3. The van der Waals surface area contributed by atoms with E-state index < -0.39 is 0 Å². The molecule has 0 saturated heterocycles. The summed E-state index contributed by atoms with van der Waals surface area (Å²) < 4.78 is 5.72. The van der Waals surface area contributed by atoms with E-state index in [-0.39, 0.29) is 18.1 Å². The number of benzene rings is 1. The van der Waals surface area contributed by atoms with Crippen LogP contribution in [0.15, 0.2) is 24.3 Å². The van der Waals surface area contributed by atoms with Crippen LogP contribution in [0.3, 0.4) is 0 Å². The molecule has 3 rings (SSSR count). The Balaban J connectivity index is 1.60. The van der Waals surface area contributed by atoms with Crippen molar-refractivity contribution >= 4 is 21.8 Å². The van der Waals surface area contributed by atoms with Crippen molar-refractivity contribution in [2.24, 2.45) is 0 Å². The molecular formula is C15H18BrNO2. The highest BCUT2D eigenvalue weighted by atomic mass is 79.9. The standard InChI is InChI=1S/C15H18BrNO2/c16-11-6-2-3-7-12(11)17-15(18)14-9-10-5-1-4-8-13(10)19-14/h1,4-5,8,11-12,14H,2-3,6-7,9H2,(H,17,18). The Bertz CT molecular complexity index is 452. The molecule has 1 aromatic carbocycles. The van der Waals surface area contributed by atoms with Crippen LogP contribution in [0, 0.1) is 0 Å². The van der Waals surface area contributed by atoms with Gasteiger partial charge in [-0.15, -0.1) is 0 Å². The van der Waals surface area contributed by atoms with Gasteiger partial charge in [-0.1, -0.05) is 47.0 Å². The SMILES string of the molecule is O=C(NC1CCCCC1Br)C1Cc2ccccc2O1. The third kappa shape index (κ3) is 2.78. The maximum atomic E-state index is 12.3. The van der Waals surface area contributed by atoms with E-state index >= 15 is 0 Å². The van der Waals surface area contributed by atoms with Crippen LogP contribution in [0.5, 0.6) is 5.75 Å². The van der Waals surface area contributed by atoms with Gasteiger partial charge in [0.2, 0.25) is 0 Å². The van der Waals surface area contributed by atoms with Crippen LogP contribution in [0.4, 0.5) is 0 Å². The van der Waals surface area contributed by atoms with Gasteiger partial charge in [-0.3, -0.25) is 4.79 Å². The Kier molecular flexibility index (Phi) is 3.78. The van der Waals surface area contributed by atoms with Crippen molar-refractivity contribution in [2.75, 3.05) is 0 Å². The van der Waals surface area contributed by atoms with Gasteiger partial charge in [0, 0.05) is 17.3 Å². The van der Waals surface area contributed by atoms with Crippen molar-refractivity contribution in [1.82, 2.24) is 5.32 Å². The molecule has 3 unspecified atom stereocenters. The Morgan fingerprint density at radius 2 is 2.05 bits per heavy atom. The zero-order valence-electron chi connectivity index (χ0n) is 10.8. The lowest BCUT2D eigenvalue weighted by molar-refractivity contribution is -0.128. The minimum absolute atomic E-state index is 0.0209. The van der Waals surface area contributed by atoms with E-state index in [1.54, 1.807) is 0 Å². The van der Waals surface area contributed by atoms with Crippen LogP contribution >= 0.6 is 15.9 Å². The largest absolute Gasteiger partial charge is 0.480 e. The number of rotatable bonds is 2. The van der Waals surface area contributed by atoms with Crippen LogP contribution < -0.4 is 10.1 Å². The van der Waals surface area contributed by atoms with Gasteiger partial charge >= 0.3 is 0 Å². The molecule has 0 radical (unpaired) electrons. The second kappa shape index (κ2) is 5.53. The molecule has 1 fully saturated rings. The summed E-state index contributed by atoms with van der Waals surface area (Å²) in [5, 5.41) is 3.13. The molecule has 3 atom stereocenters. The Labute approximate surface area is 121 Å². The summed E-state index contributed by atoms with van der Waals surface area (Å²) in [4.78, 5) is 12.7. The van der Waals surface area contributed by atoms with E-state index in [0.29, 0.717) is 11.2 Å². The van der Waals surface area contributed by atoms with Crippen LogP contribution in [-0.4, -0.2) is 22.9 Å². The molecule has 0 spiro atoms. The van der Waals surface area contributed by atoms with Crippen molar-refractivity contribution in [3.8, 4) is 5.75 Å². The molecule has 1 amide bonds. The molecule has 1 aromatic rings. The molecule has 1 heterocycles. The first-order valence-electron chi connectivity index (χ1n) is 6.93. The number of ether oxygens (including phenoxy) is 1. The lowest BCUT2D eigenvalue weighted by Crippen LogP contribution is -2.47. The fourth-order valence-corrected chi connectivity index (χ4v) is 3.57. The second-order valence-corrected chi connectivity index (χ2v) is 6.51. The Hall–Kier alpha value is -1.03. The summed E-state index contributed by atoms with van der Waals surface area (Å²) in [5.74, 6) is 0.870. The lowest BCUT2D eigenvalue weighted by atomic mass is 9.95. The maximum Gasteiger partial charge on any atom is 0.261 e. The molecule has 0 aromatic heterocycles. The highest BCUT2D eigenvalue weighted by molar-refractivity contribution is 9.09. The third-order valence-corrected chi connectivity index (χ3v) is 5.04. The van der Waals surface area contributed by atoms with Gasteiger partial charge in [0.25, 0.3) is 5.91 Å². The molecule has 1 aliphatic carbocycles. The smallest absolute Gasteiger partial charge is 0.261 e. The molecular weight excluding hydrogens is 306 g/mol. The van der Waals surface area contributed by atoms with Crippen molar-refractivity contribution in [3.05, 3.63) is 29.8 Å². The number of para-hydroxylation sites is 1. The highest BCUT2D eigenvalue weighted by Gasteiger charge is 2.32. The summed E-state index contributed by atoms with van der Waals surface area (Å²) >= 11 is 3.66. The normalized spacial score (nSPS) is 29.4. The molecule has 2 aliphatic rings. The fourth-order valence-electron chi connectivity index (χ4n) is 2.85. The number of hydrogen-bond donors (Lipinski definition) is 1. The Morgan fingerprint density at radius 3 is 2.84 bits per heavy atom. The van der Waals surface area contributed by atoms with Crippen molar-refractivity contribution < 1.29 is 9.53 Å². The van der Waals surface area contributed by atoms with Gasteiger partial charge in [-0.25, -0.2) is 0 Å². The molecule has 3 nitrogen and oxygen atoms in total. The van der Waals surface area contributed by atoms with Crippen molar-refractivity contribution in [2.45, 2.75) is 49.1 Å². The quantitative estimate of drug-likeness (QED) is 0.850. The predicted molar refractivity (Wildman–Crippen MR) is 77.7 cm³/mol. The van der Waals surface area contributed by atoms with Crippen LogP contribution in [0.1, 0.15) is 31.2 Å². The number of carbonyl (C=O) groups is 1. The number of amides is 1. The monoisotopic (exact) mass is 323 g/mol. The van der Waals surface area contributed by atoms with E-state index in [4.69, 9.17) is 4.74 Å². The first-order valence-corrected chi connectivity index (χ1v) is 7.84. The summed E-state index contributed by atoms with van der Waals surface area (Å²) in [7, 11) is 0. The zero-order valence-corrected chi connectivity index (χ0v) is 12.4. The summed E-state index contributed by atoms with van der Waals surface area (Å²) in [5.41, 5.74) is 1.13. The summed E-state index contributed by atoms with van der Waals surface area (Å²) in [6, 6.07) is 8.12. The number of fused-ring (bicyclic) bond motifs is 1. The minimum Gasteiger partial charge on any atom is -0.480 e. The van der Waals surface area contributed by atoms with Gasteiger partial charge < -0.3 is 10.1 Å². The number of carbonyl (C=O) groups excluding carboxylic acids is 1. The molecule has 1 aliphatic heterocycles. The molecule has 19 heavy (non-hydrogen) atoms. The number of halogens is 1. The number of hydrogen-bond acceptors (Lipinski definition) is 2. The zero-order chi connectivity index (χ0) is 13.2. The van der Waals surface area contributed by atoms with Crippen molar-refractivity contribution in [3.63, 3.8) is 0 Å². The fraction of sp³-hybridized carbons (Fsp3) is 0.533. The number of alkyl halides is 1. The van der Waals surface area contributed by atoms with E-state index in [2.05, 4.69) is 21.2 Å². The van der Waals surface area contributed by atoms with E-state index in [1.807, 2.05) is 24.3 Å².